The van der Waals surface area contributed by atoms with Crippen LogP contribution in [0.15, 0.2) is 36.4 Å². The lowest BCUT2D eigenvalue weighted by molar-refractivity contribution is -0.757. The Balaban J connectivity index is 0.000000382. The van der Waals surface area contributed by atoms with Crippen molar-refractivity contribution in [3.8, 4) is 0 Å². The summed E-state index contributed by atoms with van der Waals surface area (Å²) in [5, 5.41) is 23.8. The Morgan fingerprint density at radius 1 is 1.33 bits per heavy atom. The lowest BCUT2D eigenvalue weighted by atomic mass is 10.1. The maximum atomic E-state index is 13.7. The van der Waals surface area contributed by atoms with Crippen molar-refractivity contribution in [1.29, 1.82) is 0 Å². The number of hydrogen-bond acceptors (Lipinski definition) is 6. The van der Waals surface area contributed by atoms with Gasteiger partial charge in [0.05, 0.1) is 17.1 Å². The van der Waals surface area contributed by atoms with Crippen LogP contribution in [0.1, 0.15) is 25.0 Å². The van der Waals surface area contributed by atoms with E-state index >= 15 is 0 Å². The first-order valence-corrected chi connectivity index (χ1v) is 9.51. The van der Waals surface area contributed by atoms with Gasteiger partial charge in [-0.15, -0.1) is 10.1 Å². The predicted octanol–water partition coefficient (Wildman–Crippen LogP) is 4.35. The molecule has 2 rings (SSSR count). The summed E-state index contributed by atoms with van der Waals surface area (Å²) in [6.45, 7) is 6.42. The number of carboxylic acids is 1. The molecule has 8 nitrogen and oxygen atoms in total. The SMILES string of the molecule is CC(C)NCCO[N+](=O)[O-].Cc1ccc(Nc2c(F)cccc2Cl)c(CC(=O)O)c1. The molecule has 10 heteroatoms. The third-order valence-electron chi connectivity index (χ3n) is 3.68. The van der Waals surface area contributed by atoms with Crippen LogP contribution in [0.25, 0.3) is 0 Å². The molecule has 3 N–H and O–H groups in total. The highest BCUT2D eigenvalue weighted by atomic mass is 35.5. The van der Waals surface area contributed by atoms with E-state index in [1.54, 1.807) is 18.2 Å². The topological polar surface area (TPSA) is 114 Å². The molecule has 0 aromatic heterocycles. The highest BCUT2D eigenvalue weighted by Crippen LogP contribution is 2.30. The maximum Gasteiger partial charge on any atom is 0.307 e. The van der Waals surface area contributed by atoms with Crippen molar-refractivity contribution >= 4 is 28.9 Å². The monoisotopic (exact) mass is 441 g/mol. The molecule has 30 heavy (non-hydrogen) atoms. The lowest BCUT2D eigenvalue weighted by Gasteiger charge is -2.13. The van der Waals surface area contributed by atoms with Crippen molar-refractivity contribution in [3.05, 3.63) is 68.5 Å². The summed E-state index contributed by atoms with van der Waals surface area (Å²) < 4.78 is 13.7. The Labute approximate surface area is 179 Å². The second kappa shape index (κ2) is 12.6. The molecule has 0 bridgehead atoms. The molecule has 0 spiro atoms. The minimum absolute atomic E-state index is 0.116. The quantitative estimate of drug-likeness (QED) is 0.301. The number of para-hydroxylation sites is 1. The van der Waals surface area contributed by atoms with Crippen LogP contribution < -0.4 is 10.6 Å². The number of halogens is 2. The van der Waals surface area contributed by atoms with Crippen molar-refractivity contribution in [3.63, 3.8) is 0 Å². The zero-order chi connectivity index (χ0) is 22.7. The number of hydrogen-bond donors (Lipinski definition) is 3. The summed E-state index contributed by atoms with van der Waals surface area (Å²) in [7, 11) is 0. The zero-order valence-electron chi connectivity index (χ0n) is 16.9. The minimum Gasteiger partial charge on any atom is -0.481 e. The number of anilines is 2. The number of carboxylic acid groups (broad SMARTS) is 1. The van der Waals surface area contributed by atoms with Gasteiger partial charge in [-0.2, -0.15) is 0 Å². The highest BCUT2D eigenvalue weighted by molar-refractivity contribution is 6.33. The molecule has 0 saturated carbocycles. The Kier molecular flexibility index (Phi) is 10.6. The third-order valence-corrected chi connectivity index (χ3v) is 3.99. The molecule has 0 radical (unpaired) electrons. The Hall–Kier alpha value is -2.91. The number of nitrogens with zero attached hydrogens (tertiary/aromatic N) is 1. The van der Waals surface area contributed by atoms with Crippen LogP contribution >= 0.6 is 11.6 Å². The van der Waals surface area contributed by atoms with Gasteiger partial charge >= 0.3 is 5.97 Å². The molecule has 0 heterocycles. The van der Waals surface area contributed by atoms with Gasteiger partial charge in [0, 0.05) is 18.3 Å². The first-order valence-electron chi connectivity index (χ1n) is 9.13. The maximum absolute atomic E-state index is 13.7. The molecule has 0 unspecified atom stereocenters. The van der Waals surface area contributed by atoms with Crippen molar-refractivity contribution in [1.82, 2.24) is 5.32 Å². The molecule has 2 aromatic carbocycles. The fraction of sp³-hybridized carbons (Fsp3) is 0.350. The van der Waals surface area contributed by atoms with Crippen molar-refractivity contribution < 1.29 is 24.2 Å². The molecular formula is C20H25ClFN3O5. The van der Waals surface area contributed by atoms with Crippen LogP contribution in [0, 0.1) is 22.9 Å². The number of aryl methyl sites for hydroxylation is 1. The van der Waals surface area contributed by atoms with Gasteiger partial charge in [0.1, 0.15) is 12.4 Å². The molecule has 2 aromatic rings. The summed E-state index contributed by atoms with van der Waals surface area (Å²) in [6, 6.07) is 10.0. The van der Waals surface area contributed by atoms with Gasteiger partial charge in [0.2, 0.25) is 0 Å². The highest BCUT2D eigenvalue weighted by Gasteiger charge is 2.11. The second-order valence-corrected chi connectivity index (χ2v) is 7.03. The zero-order valence-corrected chi connectivity index (χ0v) is 17.7. The van der Waals surface area contributed by atoms with Crippen LogP contribution in [-0.2, 0) is 16.1 Å². The van der Waals surface area contributed by atoms with Gasteiger partial charge in [-0.3, -0.25) is 4.79 Å². The summed E-state index contributed by atoms with van der Waals surface area (Å²) >= 11 is 5.95. The smallest absolute Gasteiger partial charge is 0.307 e. The largest absolute Gasteiger partial charge is 0.481 e. The van der Waals surface area contributed by atoms with Gasteiger partial charge in [0.15, 0.2) is 0 Å². The van der Waals surface area contributed by atoms with Crippen LogP contribution in [0.4, 0.5) is 15.8 Å². The Morgan fingerprint density at radius 2 is 2.03 bits per heavy atom. The predicted molar refractivity (Wildman–Crippen MR) is 113 cm³/mol. The van der Waals surface area contributed by atoms with E-state index in [-0.39, 0.29) is 23.7 Å². The van der Waals surface area contributed by atoms with Crippen LogP contribution in [0.5, 0.6) is 0 Å². The van der Waals surface area contributed by atoms with Gasteiger partial charge in [-0.1, -0.05) is 49.2 Å². The van der Waals surface area contributed by atoms with Crippen LogP contribution in [0.3, 0.4) is 0 Å². The Morgan fingerprint density at radius 3 is 2.60 bits per heavy atom. The fourth-order valence-electron chi connectivity index (χ4n) is 2.37. The Bertz CT molecular complexity index is 844. The van der Waals surface area contributed by atoms with Gasteiger partial charge in [0.25, 0.3) is 5.09 Å². The van der Waals surface area contributed by atoms with Gasteiger partial charge < -0.3 is 20.6 Å². The van der Waals surface area contributed by atoms with Gasteiger partial charge in [-0.05, 0) is 30.7 Å². The molecule has 0 saturated heterocycles. The average molecular weight is 442 g/mol. The van der Waals surface area contributed by atoms with Crippen molar-refractivity contribution in [2.75, 3.05) is 18.5 Å². The lowest BCUT2D eigenvalue weighted by Crippen LogP contribution is -2.27. The summed E-state index contributed by atoms with van der Waals surface area (Å²) in [5.41, 5.74) is 2.19. The van der Waals surface area contributed by atoms with E-state index in [0.717, 1.165) is 5.56 Å². The molecule has 0 amide bonds. The van der Waals surface area contributed by atoms with E-state index in [2.05, 4.69) is 15.5 Å². The number of aliphatic carboxylic acids is 1. The van der Waals surface area contributed by atoms with E-state index in [1.165, 1.54) is 12.1 Å². The third kappa shape index (κ3) is 9.53. The standard InChI is InChI=1S/C15H13ClFNO2.C5H12N2O3/c1-9-5-6-13(10(7-9)8-14(19)20)18-15-11(16)3-2-4-12(15)17;1-5(2)6-3-4-10-7(8)9/h2-7,18H,8H2,1H3,(H,19,20);5-6H,3-4H2,1-2H3. The van der Waals surface area contributed by atoms with Crippen LogP contribution in [0.2, 0.25) is 5.02 Å². The number of benzene rings is 2. The molecular weight excluding hydrogens is 417 g/mol. The number of nitrogens with one attached hydrogen (secondary N) is 2. The average Bonchev–Trinajstić information content (AvgIpc) is 2.63. The molecule has 0 aliphatic carbocycles. The molecule has 0 fully saturated rings. The van der Waals surface area contributed by atoms with Crippen molar-refractivity contribution in [2.24, 2.45) is 0 Å². The summed E-state index contributed by atoms with van der Waals surface area (Å²) in [6.07, 6.45) is -0.143. The van der Waals surface area contributed by atoms with E-state index < -0.39 is 16.9 Å². The second-order valence-electron chi connectivity index (χ2n) is 6.62. The first-order chi connectivity index (χ1) is 14.1. The summed E-state index contributed by atoms with van der Waals surface area (Å²) in [5.74, 6) is -1.43. The van der Waals surface area contributed by atoms with E-state index in [0.29, 0.717) is 23.8 Å². The number of rotatable bonds is 9. The normalized spacial score (nSPS) is 10.2. The molecule has 0 atom stereocenters. The molecule has 0 aliphatic heterocycles. The number of carbonyl (C=O) groups is 1. The fourth-order valence-corrected chi connectivity index (χ4v) is 2.58. The van der Waals surface area contributed by atoms with Gasteiger partial charge in [-0.25, -0.2) is 4.39 Å². The van der Waals surface area contributed by atoms with Crippen LogP contribution in [-0.4, -0.2) is 35.4 Å². The van der Waals surface area contributed by atoms with E-state index in [1.807, 2.05) is 26.8 Å². The van der Waals surface area contributed by atoms with E-state index in [9.17, 15) is 19.3 Å². The molecule has 0 aliphatic rings. The minimum atomic E-state index is -0.946. The molecule has 164 valence electrons. The first kappa shape index (κ1) is 25.1. The van der Waals surface area contributed by atoms with E-state index in [4.69, 9.17) is 16.7 Å². The van der Waals surface area contributed by atoms with Crippen molar-refractivity contribution in [2.45, 2.75) is 33.2 Å². The summed E-state index contributed by atoms with van der Waals surface area (Å²) in [4.78, 5) is 24.5.